The molecule has 0 aromatic heterocycles. The molecule has 0 amide bonds. The first-order valence-corrected chi connectivity index (χ1v) is 5.86. The van der Waals surface area contributed by atoms with Gasteiger partial charge in [-0.1, -0.05) is 44.2 Å². The quantitative estimate of drug-likeness (QED) is 0.644. The Balaban J connectivity index is 0.000000162. The first-order valence-electron chi connectivity index (χ1n) is 5.22. The third kappa shape index (κ3) is 5.01. The summed E-state index contributed by atoms with van der Waals surface area (Å²) in [6, 6.07) is 10.5. The van der Waals surface area contributed by atoms with Crippen molar-refractivity contribution < 1.29 is 16.0 Å². The van der Waals surface area contributed by atoms with Gasteiger partial charge in [0.15, 0.2) is 0 Å². The predicted molar refractivity (Wildman–Crippen MR) is 62.6 cm³/mol. The summed E-state index contributed by atoms with van der Waals surface area (Å²) in [7, 11) is 0. The molecule has 0 N–H and O–H groups in total. The summed E-state index contributed by atoms with van der Waals surface area (Å²) >= 11 is 3.76. The van der Waals surface area contributed by atoms with E-state index >= 15 is 0 Å². The summed E-state index contributed by atoms with van der Waals surface area (Å²) in [5, 5.41) is 0. The van der Waals surface area contributed by atoms with Crippen molar-refractivity contribution in [3.05, 3.63) is 60.2 Å². The maximum atomic E-state index is 3.76. The van der Waals surface area contributed by atoms with Gasteiger partial charge in [0.25, 0.3) is 0 Å². The average molecular weight is 241 g/mol. The summed E-state index contributed by atoms with van der Waals surface area (Å²) in [5.74, 6) is 0.659. The molecule has 15 heavy (non-hydrogen) atoms. The Kier molecular flexibility index (Phi) is 5.45. The Morgan fingerprint density at radius 1 is 1.00 bits per heavy atom. The van der Waals surface area contributed by atoms with Gasteiger partial charge in [-0.3, -0.25) is 0 Å². The van der Waals surface area contributed by atoms with Crippen LogP contribution in [0, 0.1) is 0 Å². The van der Waals surface area contributed by atoms with E-state index in [0.29, 0.717) is 10.7 Å². The van der Waals surface area contributed by atoms with Gasteiger partial charge in [-0.25, -0.2) is 0 Å². The van der Waals surface area contributed by atoms with Crippen molar-refractivity contribution >= 4 is 0 Å². The Morgan fingerprint density at radius 3 is 1.80 bits per heavy atom. The summed E-state index contributed by atoms with van der Waals surface area (Å²) in [5.41, 5.74) is 1.41. The van der Waals surface area contributed by atoms with Gasteiger partial charge in [0.1, 0.15) is 0 Å². The van der Waals surface area contributed by atoms with Gasteiger partial charge in [0.2, 0.25) is 0 Å². The molecule has 1 aliphatic carbocycles. The Hall–Kier alpha value is -0.781. The third-order valence-corrected chi connectivity index (χ3v) is 2.58. The van der Waals surface area contributed by atoms with E-state index in [1.54, 1.807) is 0 Å². The maximum absolute atomic E-state index is 3.76. The SMILES string of the molecule is CC(C)c1ccccc1.[Fe][CH]1C=CC=C1. The zero-order valence-electron chi connectivity index (χ0n) is 9.20. The summed E-state index contributed by atoms with van der Waals surface area (Å²) < 4.78 is 0. The number of hydrogen-bond acceptors (Lipinski definition) is 0. The normalized spacial score (nSPS) is 14.1. The van der Waals surface area contributed by atoms with Crippen LogP contribution in [0.4, 0.5) is 0 Å². The number of allylic oxidation sites excluding steroid dienone is 4. The van der Waals surface area contributed by atoms with Crippen molar-refractivity contribution in [3.63, 3.8) is 0 Å². The average Bonchev–Trinajstić information content (AvgIpc) is 2.71. The fourth-order valence-electron chi connectivity index (χ4n) is 1.24. The van der Waals surface area contributed by atoms with Gasteiger partial charge in [-0.2, -0.15) is 0 Å². The van der Waals surface area contributed by atoms with E-state index < -0.39 is 0 Å². The van der Waals surface area contributed by atoms with Crippen LogP contribution in [0.3, 0.4) is 0 Å². The second kappa shape index (κ2) is 6.66. The molecule has 1 aromatic carbocycles. The molecular formula is C14H17Fe. The molecule has 0 bridgehead atoms. The molecule has 0 atom stereocenters. The van der Waals surface area contributed by atoms with E-state index in [4.69, 9.17) is 0 Å². The van der Waals surface area contributed by atoms with Crippen LogP contribution in [0.25, 0.3) is 0 Å². The van der Waals surface area contributed by atoms with Crippen molar-refractivity contribution in [2.45, 2.75) is 24.6 Å². The Bertz CT molecular complexity index is 310. The minimum absolute atomic E-state index is 0.435. The van der Waals surface area contributed by atoms with E-state index in [9.17, 15) is 0 Å². The number of hydrogen-bond donors (Lipinski definition) is 0. The predicted octanol–water partition coefficient (Wildman–Crippen LogP) is 4.26. The zero-order valence-corrected chi connectivity index (χ0v) is 10.3. The third-order valence-electron chi connectivity index (χ3n) is 2.16. The van der Waals surface area contributed by atoms with Gasteiger partial charge < -0.3 is 0 Å². The standard InChI is InChI=1S/C9H12.C5H5.Fe/c1-8(2)9-6-4-3-5-7-9;1-2-4-5-3-1;/h3-8H,1-2H3;1-5H;. The van der Waals surface area contributed by atoms with E-state index in [1.807, 2.05) is 18.2 Å². The van der Waals surface area contributed by atoms with Gasteiger partial charge >= 0.3 is 45.1 Å². The van der Waals surface area contributed by atoms with Crippen molar-refractivity contribution in [3.8, 4) is 0 Å². The van der Waals surface area contributed by atoms with Gasteiger partial charge in [0.05, 0.1) is 0 Å². The molecule has 1 aliphatic rings. The van der Waals surface area contributed by atoms with Crippen LogP contribution >= 0.6 is 0 Å². The van der Waals surface area contributed by atoms with Gasteiger partial charge in [-0.05, 0) is 11.5 Å². The fraction of sp³-hybridized carbons (Fsp3) is 0.286. The van der Waals surface area contributed by atoms with E-state index in [-0.39, 0.29) is 0 Å². The molecule has 0 nitrogen and oxygen atoms in total. The molecule has 0 spiro atoms. The van der Waals surface area contributed by atoms with Crippen LogP contribution in [-0.4, -0.2) is 0 Å². The molecule has 1 aromatic rings. The van der Waals surface area contributed by atoms with Crippen molar-refractivity contribution in [1.82, 2.24) is 0 Å². The number of benzene rings is 1. The van der Waals surface area contributed by atoms with Gasteiger partial charge in [0, 0.05) is 0 Å². The van der Waals surface area contributed by atoms with Crippen LogP contribution in [0.1, 0.15) is 25.3 Å². The Morgan fingerprint density at radius 2 is 1.53 bits per heavy atom. The van der Waals surface area contributed by atoms with Crippen molar-refractivity contribution in [1.29, 1.82) is 0 Å². The van der Waals surface area contributed by atoms with E-state index in [0.717, 1.165) is 0 Å². The molecule has 0 aliphatic heterocycles. The Labute approximate surface area is 101 Å². The molecule has 2 rings (SSSR count). The van der Waals surface area contributed by atoms with Crippen molar-refractivity contribution in [2.75, 3.05) is 0 Å². The molecule has 0 heterocycles. The minimum atomic E-state index is 0.435. The molecule has 0 unspecified atom stereocenters. The van der Waals surface area contributed by atoms with Crippen LogP contribution in [0.5, 0.6) is 0 Å². The van der Waals surface area contributed by atoms with Crippen LogP contribution in [0.15, 0.2) is 54.6 Å². The molecular weight excluding hydrogens is 224 g/mol. The summed E-state index contributed by atoms with van der Waals surface area (Å²) in [6.45, 7) is 4.41. The summed E-state index contributed by atoms with van der Waals surface area (Å²) in [4.78, 5) is 0.435. The van der Waals surface area contributed by atoms with E-state index in [2.05, 4.69) is 66.3 Å². The monoisotopic (exact) mass is 241 g/mol. The van der Waals surface area contributed by atoms with Crippen molar-refractivity contribution in [2.24, 2.45) is 0 Å². The second-order valence-corrected chi connectivity index (χ2v) is 4.50. The zero-order chi connectivity index (χ0) is 11.1. The van der Waals surface area contributed by atoms with Crippen LogP contribution in [0.2, 0.25) is 4.82 Å². The molecule has 0 saturated carbocycles. The second-order valence-electron chi connectivity index (χ2n) is 3.76. The topological polar surface area (TPSA) is 0 Å². The van der Waals surface area contributed by atoms with Gasteiger partial charge in [-0.15, -0.1) is 0 Å². The summed E-state index contributed by atoms with van der Waals surface area (Å²) in [6.07, 6.45) is 8.13. The van der Waals surface area contributed by atoms with E-state index in [1.165, 1.54) is 5.56 Å². The molecule has 1 heteroatoms. The first kappa shape index (κ1) is 12.3. The first-order chi connectivity index (χ1) is 7.20. The number of rotatable bonds is 1. The molecule has 0 fully saturated rings. The van der Waals surface area contributed by atoms with Crippen LogP contribution in [-0.2, 0) is 16.0 Å². The molecule has 81 valence electrons. The fourth-order valence-corrected chi connectivity index (χ4v) is 1.48. The molecule has 0 saturated heterocycles. The van der Waals surface area contributed by atoms with Crippen LogP contribution < -0.4 is 0 Å². The molecule has 0 radical (unpaired) electrons.